The number of hydrogen-bond donors (Lipinski definition) is 0. The average molecular weight is 347 g/mol. The maximum Gasteiger partial charge on any atom is 0.273 e. The van der Waals surface area contributed by atoms with Crippen LogP contribution in [0, 0.1) is 6.92 Å². The van der Waals surface area contributed by atoms with Gasteiger partial charge in [0.15, 0.2) is 0 Å². The van der Waals surface area contributed by atoms with Crippen LogP contribution < -0.4 is 0 Å². The van der Waals surface area contributed by atoms with E-state index in [0.717, 1.165) is 32.7 Å². The lowest BCUT2D eigenvalue weighted by molar-refractivity contribution is 0.0616. The van der Waals surface area contributed by atoms with Crippen LogP contribution in [0.25, 0.3) is 0 Å². The van der Waals surface area contributed by atoms with Gasteiger partial charge in [-0.3, -0.25) is 14.4 Å². The lowest BCUT2D eigenvalue weighted by atomic mass is 10.1. The number of rotatable bonds is 4. The molecule has 24 heavy (non-hydrogen) atoms. The van der Waals surface area contributed by atoms with E-state index in [1.54, 1.807) is 10.9 Å². The van der Waals surface area contributed by atoms with E-state index in [1.807, 2.05) is 11.8 Å². The zero-order chi connectivity index (χ0) is 17.1. The summed E-state index contributed by atoms with van der Waals surface area (Å²) < 4.78 is 1.67. The van der Waals surface area contributed by atoms with Crippen molar-refractivity contribution in [1.82, 2.24) is 19.6 Å². The second-order valence-electron chi connectivity index (χ2n) is 6.21. The summed E-state index contributed by atoms with van der Waals surface area (Å²) in [5.41, 5.74) is 3.09. The lowest BCUT2D eigenvalue weighted by Gasteiger charge is -2.34. The Hall–Kier alpha value is -1.85. The summed E-state index contributed by atoms with van der Waals surface area (Å²) in [6.07, 6.45) is 1.55. The molecule has 1 aliphatic heterocycles. The molecule has 1 fully saturated rings. The molecule has 0 spiro atoms. The Morgan fingerprint density at radius 1 is 1.17 bits per heavy atom. The van der Waals surface area contributed by atoms with E-state index >= 15 is 0 Å². The highest BCUT2D eigenvalue weighted by Crippen LogP contribution is 2.19. The van der Waals surface area contributed by atoms with Gasteiger partial charge in [-0.1, -0.05) is 41.4 Å². The summed E-state index contributed by atoms with van der Waals surface area (Å²) in [4.78, 5) is 17.0. The van der Waals surface area contributed by atoms with E-state index in [2.05, 4.69) is 41.2 Å². The normalized spacial score (nSPS) is 15.7. The van der Waals surface area contributed by atoms with Crippen LogP contribution in [-0.4, -0.2) is 51.7 Å². The summed E-state index contributed by atoms with van der Waals surface area (Å²) in [6.45, 7) is 8.80. The Balaban J connectivity index is 1.59. The SMILES string of the molecule is CCn1ncc(Cl)c1C(=O)N1CCN(Cc2ccc(C)cc2)CC1. The average Bonchev–Trinajstić information content (AvgIpc) is 2.98. The Labute approximate surface area is 147 Å². The molecule has 0 saturated carbocycles. The largest absolute Gasteiger partial charge is 0.335 e. The first-order valence-electron chi connectivity index (χ1n) is 8.37. The minimum Gasteiger partial charge on any atom is -0.335 e. The molecule has 0 aliphatic carbocycles. The molecule has 0 atom stereocenters. The number of carbonyl (C=O) groups excluding carboxylic acids is 1. The highest BCUT2D eigenvalue weighted by molar-refractivity contribution is 6.33. The quantitative estimate of drug-likeness (QED) is 0.854. The number of carbonyl (C=O) groups is 1. The fourth-order valence-electron chi connectivity index (χ4n) is 3.03. The van der Waals surface area contributed by atoms with Crippen molar-refractivity contribution in [2.45, 2.75) is 26.9 Å². The smallest absolute Gasteiger partial charge is 0.273 e. The van der Waals surface area contributed by atoms with Crippen LogP contribution >= 0.6 is 11.6 Å². The summed E-state index contributed by atoms with van der Waals surface area (Å²) >= 11 is 6.15. The summed E-state index contributed by atoms with van der Waals surface area (Å²) in [7, 11) is 0. The second-order valence-corrected chi connectivity index (χ2v) is 6.62. The van der Waals surface area contributed by atoms with Gasteiger partial charge in [0.25, 0.3) is 5.91 Å². The zero-order valence-corrected chi connectivity index (χ0v) is 15.0. The molecular weight excluding hydrogens is 324 g/mol. The monoisotopic (exact) mass is 346 g/mol. The van der Waals surface area contributed by atoms with Crippen molar-refractivity contribution in [3.8, 4) is 0 Å². The number of hydrogen-bond acceptors (Lipinski definition) is 3. The van der Waals surface area contributed by atoms with Gasteiger partial charge in [-0.15, -0.1) is 0 Å². The maximum absolute atomic E-state index is 12.7. The summed E-state index contributed by atoms with van der Waals surface area (Å²) in [5.74, 6) is -0.0191. The van der Waals surface area contributed by atoms with Crippen LogP contribution in [0.3, 0.4) is 0 Å². The standard InChI is InChI=1S/C18H23ClN4O/c1-3-23-17(16(19)12-20-23)18(24)22-10-8-21(9-11-22)13-15-6-4-14(2)5-7-15/h4-7,12H,3,8-11,13H2,1-2H3. The van der Waals surface area contributed by atoms with Crippen LogP contribution in [0.1, 0.15) is 28.5 Å². The van der Waals surface area contributed by atoms with Crippen LogP contribution in [0.5, 0.6) is 0 Å². The van der Waals surface area contributed by atoms with Crippen molar-refractivity contribution >= 4 is 17.5 Å². The molecular formula is C18H23ClN4O. The summed E-state index contributed by atoms with van der Waals surface area (Å²) in [5, 5.41) is 4.59. The Morgan fingerprint density at radius 3 is 2.46 bits per heavy atom. The molecule has 1 aromatic carbocycles. The van der Waals surface area contributed by atoms with E-state index in [9.17, 15) is 4.79 Å². The topological polar surface area (TPSA) is 41.4 Å². The van der Waals surface area contributed by atoms with Gasteiger partial charge in [0, 0.05) is 39.3 Å². The predicted octanol–water partition coefficient (Wildman–Crippen LogP) is 2.82. The maximum atomic E-state index is 12.7. The van der Waals surface area contributed by atoms with E-state index < -0.39 is 0 Å². The Kier molecular flexibility index (Phi) is 5.21. The van der Waals surface area contributed by atoms with Crippen molar-refractivity contribution in [3.63, 3.8) is 0 Å². The van der Waals surface area contributed by atoms with Crippen molar-refractivity contribution in [1.29, 1.82) is 0 Å². The molecule has 0 bridgehead atoms. The van der Waals surface area contributed by atoms with Gasteiger partial charge in [-0.05, 0) is 19.4 Å². The molecule has 0 radical (unpaired) electrons. The van der Waals surface area contributed by atoms with E-state index in [-0.39, 0.29) is 5.91 Å². The number of aryl methyl sites for hydroxylation is 2. The number of piperazine rings is 1. The van der Waals surface area contributed by atoms with E-state index in [4.69, 9.17) is 11.6 Å². The fraction of sp³-hybridized carbons (Fsp3) is 0.444. The van der Waals surface area contributed by atoms with Crippen molar-refractivity contribution in [3.05, 3.63) is 52.3 Å². The third-order valence-corrected chi connectivity index (χ3v) is 4.76. The lowest BCUT2D eigenvalue weighted by Crippen LogP contribution is -2.48. The first-order valence-corrected chi connectivity index (χ1v) is 8.74. The van der Waals surface area contributed by atoms with Gasteiger partial charge in [0.1, 0.15) is 5.69 Å². The number of benzene rings is 1. The van der Waals surface area contributed by atoms with Crippen molar-refractivity contribution < 1.29 is 4.79 Å². The highest BCUT2D eigenvalue weighted by Gasteiger charge is 2.26. The highest BCUT2D eigenvalue weighted by atomic mass is 35.5. The molecule has 128 valence electrons. The molecule has 0 N–H and O–H groups in total. The van der Waals surface area contributed by atoms with Gasteiger partial charge >= 0.3 is 0 Å². The Bertz CT molecular complexity index is 702. The van der Waals surface area contributed by atoms with Gasteiger partial charge in [0.2, 0.25) is 0 Å². The van der Waals surface area contributed by atoms with Crippen molar-refractivity contribution in [2.24, 2.45) is 0 Å². The third kappa shape index (κ3) is 3.62. The second kappa shape index (κ2) is 7.36. The third-order valence-electron chi connectivity index (χ3n) is 4.48. The Morgan fingerprint density at radius 2 is 1.83 bits per heavy atom. The number of aromatic nitrogens is 2. The molecule has 6 heteroatoms. The molecule has 1 aromatic heterocycles. The molecule has 5 nitrogen and oxygen atoms in total. The first kappa shape index (κ1) is 17.0. The van der Waals surface area contributed by atoms with Crippen LogP contribution in [0.2, 0.25) is 5.02 Å². The molecule has 3 rings (SSSR count). The molecule has 2 aromatic rings. The van der Waals surface area contributed by atoms with Gasteiger partial charge in [-0.25, -0.2) is 0 Å². The molecule has 1 saturated heterocycles. The van der Waals surface area contributed by atoms with E-state index in [0.29, 0.717) is 17.3 Å². The predicted molar refractivity (Wildman–Crippen MR) is 95.3 cm³/mol. The minimum absolute atomic E-state index is 0.0191. The van der Waals surface area contributed by atoms with E-state index in [1.165, 1.54) is 11.1 Å². The molecule has 0 unspecified atom stereocenters. The van der Waals surface area contributed by atoms with Crippen molar-refractivity contribution in [2.75, 3.05) is 26.2 Å². The molecule has 2 heterocycles. The van der Waals surface area contributed by atoms with Crippen LogP contribution in [0.15, 0.2) is 30.5 Å². The first-order chi connectivity index (χ1) is 11.6. The van der Waals surface area contributed by atoms with Gasteiger partial charge in [-0.2, -0.15) is 5.10 Å². The minimum atomic E-state index is -0.0191. The summed E-state index contributed by atoms with van der Waals surface area (Å²) in [6, 6.07) is 8.63. The number of nitrogens with zero attached hydrogens (tertiary/aromatic N) is 4. The molecule has 1 amide bonds. The number of amides is 1. The van der Waals surface area contributed by atoms with Gasteiger partial charge < -0.3 is 4.90 Å². The number of halogens is 1. The molecule has 1 aliphatic rings. The zero-order valence-electron chi connectivity index (χ0n) is 14.2. The van der Waals surface area contributed by atoms with Gasteiger partial charge in [0.05, 0.1) is 11.2 Å². The van der Waals surface area contributed by atoms with Crippen LogP contribution in [-0.2, 0) is 13.1 Å². The van der Waals surface area contributed by atoms with Crippen LogP contribution in [0.4, 0.5) is 0 Å². The fourth-order valence-corrected chi connectivity index (χ4v) is 3.25.